The van der Waals surface area contributed by atoms with Crippen LogP contribution in [0.5, 0.6) is 5.75 Å². The first-order chi connectivity index (χ1) is 8.79. The van der Waals surface area contributed by atoms with Crippen molar-refractivity contribution in [2.45, 2.75) is 13.3 Å². The highest BCUT2D eigenvalue weighted by Crippen LogP contribution is 2.26. The molecule has 0 aliphatic carbocycles. The second kappa shape index (κ2) is 5.91. The van der Waals surface area contributed by atoms with E-state index >= 15 is 0 Å². The lowest BCUT2D eigenvalue weighted by atomic mass is 10.3. The molecular formula is C14H17N3O. The number of benzene rings is 1. The van der Waals surface area contributed by atoms with Crippen LogP contribution in [0.2, 0.25) is 0 Å². The van der Waals surface area contributed by atoms with Crippen LogP contribution in [0.3, 0.4) is 0 Å². The van der Waals surface area contributed by atoms with Crippen LogP contribution in [0.1, 0.15) is 13.3 Å². The number of para-hydroxylation sites is 2. The topological polar surface area (TPSA) is 60.2 Å². The molecule has 4 nitrogen and oxygen atoms in total. The van der Waals surface area contributed by atoms with Gasteiger partial charge in [-0.2, -0.15) is 0 Å². The Morgan fingerprint density at radius 3 is 2.78 bits per heavy atom. The highest BCUT2D eigenvalue weighted by Gasteiger charge is 2.03. The van der Waals surface area contributed by atoms with E-state index < -0.39 is 0 Å². The van der Waals surface area contributed by atoms with E-state index in [1.54, 1.807) is 6.20 Å². The maximum absolute atomic E-state index is 5.67. The molecule has 1 heterocycles. The Balaban J connectivity index is 2.15. The fraction of sp³-hybridized carbons (Fsp3) is 0.214. The molecule has 0 saturated carbocycles. The highest BCUT2D eigenvalue weighted by molar-refractivity contribution is 5.64. The number of nitrogens with one attached hydrogen (secondary N) is 1. The minimum Gasteiger partial charge on any atom is -0.491 e. The molecule has 0 bridgehead atoms. The van der Waals surface area contributed by atoms with Crippen LogP contribution in [0, 0.1) is 0 Å². The van der Waals surface area contributed by atoms with Crippen molar-refractivity contribution >= 4 is 17.2 Å². The van der Waals surface area contributed by atoms with Crippen molar-refractivity contribution in [2.24, 2.45) is 0 Å². The molecule has 0 amide bonds. The molecule has 0 radical (unpaired) electrons. The van der Waals surface area contributed by atoms with Gasteiger partial charge in [-0.05, 0) is 30.7 Å². The number of nitrogens with zero attached hydrogens (tertiary/aromatic N) is 1. The average Bonchev–Trinajstić information content (AvgIpc) is 2.40. The van der Waals surface area contributed by atoms with Gasteiger partial charge in [-0.15, -0.1) is 0 Å². The van der Waals surface area contributed by atoms with Crippen LogP contribution in [0.15, 0.2) is 42.6 Å². The van der Waals surface area contributed by atoms with Gasteiger partial charge in [-0.3, -0.25) is 0 Å². The number of nitrogens with two attached hydrogens (primary N) is 1. The van der Waals surface area contributed by atoms with Crippen molar-refractivity contribution in [3.05, 3.63) is 42.6 Å². The Kier molecular flexibility index (Phi) is 4.02. The van der Waals surface area contributed by atoms with Crippen LogP contribution < -0.4 is 15.8 Å². The van der Waals surface area contributed by atoms with Crippen LogP contribution in [-0.2, 0) is 0 Å². The van der Waals surface area contributed by atoms with E-state index in [9.17, 15) is 0 Å². The molecule has 4 heteroatoms. The van der Waals surface area contributed by atoms with Gasteiger partial charge in [0, 0.05) is 0 Å². The zero-order valence-corrected chi connectivity index (χ0v) is 10.4. The fourth-order valence-corrected chi connectivity index (χ4v) is 1.53. The van der Waals surface area contributed by atoms with Gasteiger partial charge in [0.1, 0.15) is 11.6 Å². The Bertz CT molecular complexity index is 497. The average molecular weight is 243 g/mol. The summed E-state index contributed by atoms with van der Waals surface area (Å²) in [7, 11) is 0. The van der Waals surface area contributed by atoms with Gasteiger partial charge in [0.2, 0.25) is 0 Å². The fourth-order valence-electron chi connectivity index (χ4n) is 1.53. The molecule has 0 fully saturated rings. The summed E-state index contributed by atoms with van der Waals surface area (Å²) in [4.78, 5) is 4.20. The Hall–Kier alpha value is -2.23. The van der Waals surface area contributed by atoms with Crippen molar-refractivity contribution in [1.29, 1.82) is 0 Å². The maximum atomic E-state index is 5.67. The zero-order chi connectivity index (χ0) is 12.8. The molecule has 0 aliphatic rings. The van der Waals surface area contributed by atoms with E-state index in [1.807, 2.05) is 36.4 Å². The smallest absolute Gasteiger partial charge is 0.142 e. The minimum atomic E-state index is 0.649. The lowest BCUT2D eigenvalue weighted by Crippen LogP contribution is -2.00. The summed E-state index contributed by atoms with van der Waals surface area (Å²) in [5.41, 5.74) is 7.16. The van der Waals surface area contributed by atoms with Gasteiger partial charge in [-0.1, -0.05) is 19.1 Å². The number of ether oxygens (including phenoxy) is 1. The van der Waals surface area contributed by atoms with Crippen LogP contribution >= 0.6 is 0 Å². The number of anilines is 3. The molecule has 18 heavy (non-hydrogen) atoms. The summed E-state index contributed by atoms with van der Waals surface area (Å²) in [6, 6.07) is 11.5. The van der Waals surface area contributed by atoms with Gasteiger partial charge < -0.3 is 15.8 Å². The number of hydrogen-bond acceptors (Lipinski definition) is 4. The third-order valence-corrected chi connectivity index (χ3v) is 2.40. The van der Waals surface area contributed by atoms with E-state index in [-0.39, 0.29) is 0 Å². The first-order valence-corrected chi connectivity index (χ1v) is 6.00. The third-order valence-electron chi connectivity index (χ3n) is 2.40. The molecule has 0 unspecified atom stereocenters. The second-order valence-corrected chi connectivity index (χ2v) is 3.95. The monoisotopic (exact) mass is 243 g/mol. The number of rotatable bonds is 5. The van der Waals surface area contributed by atoms with Crippen LogP contribution in [0.4, 0.5) is 17.2 Å². The lowest BCUT2D eigenvalue weighted by Gasteiger charge is -2.12. The molecule has 0 atom stereocenters. The first-order valence-electron chi connectivity index (χ1n) is 6.00. The quantitative estimate of drug-likeness (QED) is 0.846. The largest absolute Gasteiger partial charge is 0.491 e. The molecule has 2 rings (SSSR count). The summed E-state index contributed by atoms with van der Waals surface area (Å²) in [5.74, 6) is 1.58. The van der Waals surface area contributed by atoms with E-state index in [2.05, 4.69) is 17.2 Å². The minimum absolute atomic E-state index is 0.649. The van der Waals surface area contributed by atoms with Crippen molar-refractivity contribution in [3.8, 4) is 5.75 Å². The first kappa shape index (κ1) is 12.2. The van der Waals surface area contributed by atoms with Crippen LogP contribution in [-0.4, -0.2) is 11.6 Å². The molecule has 3 N–H and O–H groups in total. The van der Waals surface area contributed by atoms with Gasteiger partial charge >= 0.3 is 0 Å². The Morgan fingerprint density at radius 1 is 1.22 bits per heavy atom. The number of nitrogen functional groups attached to an aromatic ring is 1. The molecule has 0 saturated heterocycles. The predicted octanol–water partition coefficient (Wildman–Crippen LogP) is 3.20. The predicted molar refractivity (Wildman–Crippen MR) is 74.2 cm³/mol. The van der Waals surface area contributed by atoms with Crippen molar-refractivity contribution < 1.29 is 4.74 Å². The van der Waals surface area contributed by atoms with Crippen molar-refractivity contribution in [3.63, 3.8) is 0 Å². The maximum Gasteiger partial charge on any atom is 0.142 e. The number of pyridine rings is 1. The Labute approximate surface area is 107 Å². The second-order valence-electron chi connectivity index (χ2n) is 3.95. The summed E-state index contributed by atoms with van der Waals surface area (Å²) in [5, 5.41) is 3.22. The van der Waals surface area contributed by atoms with Gasteiger partial charge in [0.25, 0.3) is 0 Å². The van der Waals surface area contributed by atoms with Gasteiger partial charge in [0.15, 0.2) is 0 Å². The third kappa shape index (κ3) is 3.13. The number of hydrogen-bond donors (Lipinski definition) is 2. The SMILES string of the molecule is CCCOc1ccccc1Nc1ccc(N)cn1. The molecular weight excluding hydrogens is 226 g/mol. The normalized spacial score (nSPS) is 10.1. The van der Waals surface area contributed by atoms with Crippen molar-refractivity contribution in [2.75, 3.05) is 17.7 Å². The summed E-state index contributed by atoms with van der Waals surface area (Å²) >= 11 is 0. The van der Waals surface area contributed by atoms with Gasteiger partial charge in [0.05, 0.1) is 24.2 Å². The van der Waals surface area contributed by atoms with Crippen molar-refractivity contribution in [1.82, 2.24) is 4.98 Å². The molecule has 94 valence electrons. The summed E-state index contributed by atoms with van der Waals surface area (Å²) in [6.07, 6.45) is 2.60. The van der Waals surface area contributed by atoms with E-state index in [0.717, 1.165) is 23.7 Å². The van der Waals surface area contributed by atoms with E-state index in [1.165, 1.54) is 0 Å². The molecule has 1 aromatic carbocycles. The van der Waals surface area contributed by atoms with E-state index in [0.29, 0.717) is 12.3 Å². The van der Waals surface area contributed by atoms with Crippen LogP contribution in [0.25, 0.3) is 0 Å². The molecule has 2 aromatic rings. The number of aromatic nitrogens is 1. The molecule has 0 spiro atoms. The molecule has 1 aromatic heterocycles. The lowest BCUT2D eigenvalue weighted by molar-refractivity contribution is 0.319. The Morgan fingerprint density at radius 2 is 2.06 bits per heavy atom. The highest BCUT2D eigenvalue weighted by atomic mass is 16.5. The standard InChI is InChI=1S/C14H17N3O/c1-2-9-18-13-6-4-3-5-12(13)17-14-8-7-11(15)10-16-14/h3-8,10H,2,9,15H2,1H3,(H,16,17). The molecule has 0 aliphatic heterocycles. The van der Waals surface area contributed by atoms with E-state index in [4.69, 9.17) is 10.5 Å². The summed E-state index contributed by atoms with van der Waals surface area (Å²) in [6.45, 7) is 2.78. The zero-order valence-electron chi connectivity index (χ0n) is 10.4. The summed E-state index contributed by atoms with van der Waals surface area (Å²) < 4.78 is 5.67. The van der Waals surface area contributed by atoms with Gasteiger partial charge in [-0.25, -0.2) is 4.98 Å².